The molecule has 0 unspecified atom stereocenters. The molecular formula is C19H22ClNO5S. The summed E-state index contributed by atoms with van der Waals surface area (Å²) < 4.78 is 33.1. The van der Waals surface area contributed by atoms with Gasteiger partial charge >= 0.3 is 10.1 Å². The van der Waals surface area contributed by atoms with Crippen LogP contribution in [-0.4, -0.2) is 38.6 Å². The zero-order valence-corrected chi connectivity index (χ0v) is 17.2. The number of methoxy groups -OCH3 is 1. The first-order chi connectivity index (χ1) is 12.6. The van der Waals surface area contributed by atoms with E-state index in [0.29, 0.717) is 21.9 Å². The zero-order chi connectivity index (χ0) is 20.2. The SMILES string of the molecule is COc1ccc(CN(C(=O)c2cccc(Cl)c2)C(C)C)cc1OS(C)(=O)=O. The van der Waals surface area contributed by atoms with E-state index in [4.69, 9.17) is 20.5 Å². The van der Waals surface area contributed by atoms with Crippen LogP contribution in [0.4, 0.5) is 0 Å². The van der Waals surface area contributed by atoms with Crippen LogP contribution in [0.1, 0.15) is 29.8 Å². The molecule has 0 fully saturated rings. The van der Waals surface area contributed by atoms with Gasteiger partial charge in [-0.1, -0.05) is 23.7 Å². The van der Waals surface area contributed by atoms with Crippen molar-refractivity contribution in [3.8, 4) is 11.5 Å². The summed E-state index contributed by atoms with van der Waals surface area (Å²) in [4.78, 5) is 14.6. The Morgan fingerprint density at radius 1 is 1.15 bits per heavy atom. The summed E-state index contributed by atoms with van der Waals surface area (Å²) >= 11 is 5.99. The summed E-state index contributed by atoms with van der Waals surface area (Å²) in [6.07, 6.45) is 0.961. The maximum atomic E-state index is 12.9. The second-order valence-corrected chi connectivity index (χ2v) is 8.32. The second kappa shape index (κ2) is 8.63. The van der Waals surface area contributed by atoms with E-state index >= 15 is 0 Å². The van der Waals surface area contributed by atoms with E-state index in [1.807, 2.05) is 13.8 Å². The number of nitrogens with zero attached hydrogens (tertiary/aromatic N) is 1. The Bertz CT molecular complexity index is 927. The van der Waals surface area contributed by atoms with Crippen molar-refractivity contribution in [2.75, 3.05) is 13.4 Å². The molecule has 0 N–H and O–H groups in total. The van der Waals surface area contributed by atoms with Crippen LogP contribution in [0.2, 0.25) is 5.02 Å². The van der Waals surface area contributed by atoms with Crippen molar-refractivity contribution in [1.29, 1.82) is 0 Å². The lowest BCUT2D eigenvalue weighted by molar-refractivity contribution is 0.0690. The fourth-order valence-electron chi connectivity index (χ4n) is 2.52. The number of ether oxygens (including phenoxy) is 1. The van der Waals surface area contributed by atoms with Crippen molar-refractivity contribution in [3.05, 3.63) is 58.6 Å². The standard InChI is InChI=1S/C19H22ClNO5S/c1-13(2)21(19(22)15-6-5-7-16(20)11-15)12-14-8-9-17(25-3)18(10-14)26-27(4,23)24/h5-11,13H,12H2,1-4H3. The summed E-state index contributed by atoms with van der Waals surface area (Å²) in [5.41, 5.74) is 1.19. The average Bonchev–Trinajstić information content (AvgIpc) is 2.57. The van der Waals surface area contributed by atoms with Gasteiger partial charge in [-0.25, -0.2) is 0 Å². The van der Waals surface area contributed by atoms with Crippen LogP contribution in [0.3, 0.4) is 0 Å². The molecule has 0 radical (unpaired) electrons. The molecule has 6 nitrogen and oxygen atoms in total. The van der Waals surface area contributed by atoms with E-state index in [1.165, 1.54) is 7.11 Å². The Hall–Kier alpha value is -2.25. The van der Waals surface area contributed by atoms with Gasteiger partial charge in [-0.05, 0) is 49.7 Å². The van der Waals surface area contributed by atoms with Crippen LogP contribution in [0, 0.1) is 0 Å². The van der Waals surface area contributed by atoms with Gasteiger partial charge < -0.3 is 13.8 Å². The summed E-state index contributed by atoms with van der Waals surface area (Å²) in [6.45, 7) is 4.08. The van der Waals surface area contributed by atoms with Gasteiger partial charge in [-0.2, -0.15) is 8.42 Å². The lowest BCUT2D eigenvalue weighted by Crippen LogP contribution is -2.36. The van der Waals surface area contributed by atoms with Crippen LogP contribution in [0.5, 0.6) is 11.5 Å². The number of amides is 1. The van der Waals surface area contributed by atoms with Gasteiger partial charge in [0, 0.05) is 23.2 Å². The second-order valence-electron chi connectivity index (χ2n) is 6.31. The molecule has 0 spiro atoms. The van der Waals surface area contributed by atoms with E-state index < -0.39 is 10.1 Å². The molecule has 0 saturated carbocycles. The molecule has 0 aliphatic heterocycles. The van der Waals surface area contributed by atoms with E-state index in [1.54, 1.807) is 47.4 Å². The van der Waals surface area contributed by atoms with Crippen molar-refractivity contribution in [1.82, 2.24) is 4.90 Å². The molecule has 0 saturated heterocycles. The molecule has 0 atom stereocenters. The fraction of sp³-hybridized carbons (Fsp3) is 0.316. The Labute approximate surface area is 164 Å². The molecule has 2 rings (SSSR count). The van der Waals surface area contributed by atoms with E-state index in [0.717, 1.165) is 6.26 Å². The minimum atomic E-state index is -3.71. The predicted molar refractivity (Wildman–Crippen MR) is 105 cm³/mol. The number of benzene rings is 2. The number of carbonyl (C=O) groups is 1. The Morgan fingerprint density at radius 2 is 1.85 bits per heavy atom. The monoisotopic (exact) mass is 411 g/mol. The normalized spacial score (nSPS) is 11.3. The number of halogens is 1. The number of hydrogen-bond donors (Lipinski definition) is 0. The van der Waals surface area contributed by atoms with Gasteiger partial charge in [-0.15, -0.1) is 0 Å². The van der Waals surface area contributed by atoms with E-state index in [2.05, 4.69) is 0 Å². The van der Waals surface area contributed by atoms with Gasteiger partial charge in [0.05, 0.1) is 13.4 Å². The van der Waals surface area contributed by atoms with Crippen molar-refractivity contribution >= 4 is 27.6 Å². The highest BCUT2D eigenvalue weighted by Crippen LogP contribution is 2.30. The third-order valence-corrected chi connectivity index (χ3v) is 4.50. The first kappa shape index (κ1) is 21.1. The molecular weight excluding hydrogens is 390 g/mol. The maximum absolute atomic E-state index is 12.9. The summed E-state index contributed by atoms with van der Waals surface area (Å²) in [5, 5.41) is 0.484. The topological polar surface area (TPSA) is 72.9 Å². The van der Waals surface area contributed by atoms with E-state index in [9.17, 15) is 13.2 Å². The molecule has 8 heteroatoms. The smallest absolute Gasteiger partial charge is 0.306 e. The summed E-state index contributed by atoms with van der Waals surface area (Å²) in [7, 11) is -2.29. The Balaban J connectivity index is 2.33. The molecule has 1 amide bonds. The van der Waals surface area contributed by atoms with Crippen LogP contribution >= 0.6 is 11.6 Å². The summed E-state index contributed by atoms with van der Waals surface area (Å²) in [6, 6.07) is 11.6. The van der Waals surface area contributed by atoms with Crippen molar-refractivity contribution < 1.29 is 22.1 Å². The van der Waals surface area contributed by atoms with Gasteiger partial charge in [0.2, 0.25) is 0 Å². The van der Waals surface area contributed by atoms with Gasteiger partial charge in [0.15, 0.2) is 11.5 Å². The van der Waals surface area contributed by atoms with Crippen molar-refractivity contribution in [2.45, 2.75) is 26.4 Å². The molecule has 2 aromatic rings. The molecule has 27 heavy (non-hydrogen) atoms. The maximum Gasteiger partial charge on any atom is 0.306 e. The number of carbonyl (C=O) groups excluding carboxylic acids is 1. The van der Waals surface area contributed by atoms with Crippen molar-refractivity contribution in [3.63, 3.8) is 0 Å². The molecule has 0 aliphatic carbocycles. The summed E-state index contributed by atoms with van der Waals surface area (Å²) in [5.74, 6) is 0.201. The molecule has 0 bridgehead atoms. The number of rotatable bonds is 7. The van der Waals surface area contributed by atoms with Gasteiger partial charge in [0.1, 0.15) is 0 Å². The molecule has 2 aromatic carbocycles. The molecule has 0 aliphatic rings. The predicted octanol–water partition coefficient (Wildman–Crippen LogP) is 3.74. The molecule has 146 valence electrons. The Morgan fingerprint density at radius 3 is 2.41 bits per heavy atom. The highest BCUT2D eigenvalue weighted by atomic mass is 35.5. The first-order valence-electron chi connectivity index (χ1n) is 8.23. The Kier molecular flexibility index (Phi) is 6.73. The highest BCUT2D eigenvalue weighted by molar-refractivity contribution is 7.86. The zero-order valence-electron chi connectivity index (χ0n) is 15.6. The third kappa shape index (κ3) is 5.87. The fourth-order valence-corrected chi connectivity index (χ4v) is 3.17. The largest absolute Gasteiger partial charge is 0.493 e. The quantitative estimate of drug-likeness (QED) is 0.649. The third-order valence-electron chi connectivity index (χ3n) is 3.78. The van der Waals surface area contributed by atoms with Crippen LogP contribution in [0.15, 0.2) is 42.5 Å². The lowest BCUT2D eigenvalue weighted by atomic mass is 10.1. The minimum absolute atomic E-state index is 0.0800. The first-order valence-corrected chi connectivity index (χ1v) is 10.4. The highest BCUT2D eigenvalue weighted by Gasteiger charge is 2.20. The van der Waals surface area contributed by atoms with Gasteiger partial charge in [0.25, 0.3) is 5.91 Å². The average molecular weight is 412 g/mol. The van der Waals surface area contributed by atoms with Gasteiger partial charge in [-0.3, -0.25) is 4.79 Å². The molecule has 0 aromatic heterocycles. The van der Waals surface area contributed by atoms with Crippen LogP contribution in [-0.2, 0) is 16.7 Å². The molecule has 0 heterocycles. The van der Waals surface area contributed by atoms with Crippen LogP contribution in [0.25, 0.3) is 0 Å². The number of hydrogen-bond acceptors (Lipinski definition) is 5. The lowest BCUT2D eigenvalue weighted by Gasteiger charge is -2.27. The minimum Gasteiger partial charge on any atom is -0.493 e. The van der Waals surface area contributed by atoms with Crippen molar-refractivity contribution in [2.24, 2.45) is 0 Å². The van der Waals surface area contributed by atoms with E-state index in [-0.39, 0.29) is 24.2 Å². The van der Waals surface area contributed by atoms with Crippen LogP contribution < -0.4 is 8.92 Å².